The van der Waals surface area contributed by atoms with Gasteiger partial charge in [-0.05, 0) is 23.1 Å². The fourth-order valence-electron chi connectivity index (χ4n) is 2.57. The van der Waals surface area contributed by atoms with Crippen molar-refractivity contribution in [2.24, 2.45) is 0 Å². The lowest BCUT2D eigenvalue weighted by molar-refractivity contribution is 0.633. The number of nitrogens with zero attached hydrogens (tertiary/aromatic N) is 3. The maximum atomic E-state index is 5.65. The van der Waals surface area contributed by atoms with Gasteiger partial charge in [0.1, 0.15) is 5.82 Å². The number of aromatic nitrogens is 2. The first-order valence-corrected chi connectivity index (χ1v) is 6.15. The van der Waals surface area contributed by atoms with Gasteiger partial charge in [0.05, 0.1) is 0 Å². The molecule has 2 N–H and O–H groups in total. The summed E-state index contributed by atoms with van der Waals surface area (Å²) in [6.07, 6.45) is 1.71. The van der Waals surface area contributed by atoms with Gasteiger partial charge in [-0.1, -0.05) is 31.2 Å². The Morgan fingerprint density at radius 1 is 1.28 bits per heavy atom. The lowest BCUT2D eigenvalue weighted by atomic mass is 9.91. The van der Waals surface area contributed by atoms with Gasteiger partial charge >= 0.3 is 0 Å². The van der Waals surface area contributed by atoms with E-state index in [-0.39, 0.29) is 0 Å². The Balaban J connectivity index is 1.94. The average molecular weight is 240 g/mol. The van der Waals surface area contributed by atoms with E-state index in [2.05, 4.69) is 46.1 Å². The molecule has 1 atom stereocenters. The van der Waals surface area contributed by atoms with E-state index in [4.69, 9.17) is 5.73 Å². The second-order valence-electron chi connectivity index (χ2n) is 4.75. The third-order valence-electron chi connectivity index (χ3n) is 3.42. The minimum absolute atomic E-state index is 0.332. The molecule has 0 fully saturated rings. The molecule has 4 nitrogen and oxygen atoms in total. The number of hydrogen-bond acceptors (Lipinski definition) is 4. The monoisotopic (exact) mass is 240 g/mol. The van der Waals surface area contributed by atoms with Crippen LogP contribution in [-0.2, 0) is 6.54 Å². The highest BCUT2D eigenvalue weighted by atomic mass is 15.2. The summed E-state index contributed by atoms with van der Waals surface area (Å²) >= 11 is 0. The van der Waals surface area contributed by atoms with Gasteiger partial charge in [-0.15, -0.1) is 0 Å². The highest BCUT2D eigenvalue weighted by Crippen LogP contribution is 2.30. The van der Waals surface area contributed by atoms with Crippen molar-refractivity contribution in [3.63, 3.8) is 0 Å². The van der Waals surface area contributed by atoms with E-state index in [1.54, 1.807) is 6.20 Å². The van der Waals surface area contributed by atoms with Crippen molar-refractivity contribution in [2.75, 3.05) is 17.2 Å². The molecular formula is C14H16N4. The molecule has 2 heterocycles. The van der Waals surface area contributed by atoms with Crippen molar-refractivity contribution in [3.8, 4) is 0 Å². The highest BCUT2D eigenvalue weighted by molar-refractivity contribution is 5.46. The predicted molar refractivity (Wildman–Crippen MR) is 72.4 cm³/mol. The van der Waals surface area contributed by atoms with E-state index in [1.807, 2.05) is 6.07 Å². The topological polar surface area (TPSA) is 55.0 Å². The zero-order valence-electron chi connectivity index (χ0n) is 10.4. The van der Waals surface area contributed by atoms with Gasteiger partial charge < -0.3 is 10.6 Å². The molecule has 1 aromatic carbocycles. The molecular weight excluding hydrogens is 224 g/mol. The highest BCUT2D eigenvalue weighted by Gasteiger charge is 2.22. The molecule has 92 valence electrons. The van der Waals surface area contributed by atoms with Crippen LogP contribution in [-0.4, -0.2) is 16.5 Å². The molecule has 1 aromatic heterocycles. The Morgan fingerprint density at radius 3 is 2.94 bits per heavy atom. The lowest BCUT2D eigenvalue weighted by Crippen LogP contribution is -2.33. The summed E-state index contributed by atoms with van der Waals surface area (Å²) in [7, 11) is 0. The van der Waals surface area contributed by atoms with Crippen LogP contribution >= 0.6 is 0 Å². The zero-order chi connectivity index (χ0) is 12.5. The largest absolute Gasteiger partial charge is 0.368 e. The molecule has 0 spiro atoms. The molecule has 0 saturated heterocycles. The first-order chi connectivity index (χ1) is 8.74. The second-order valence-corrected chi connectivity index (χ2v) is 4.75. The molecule has 0 saturated carbocycles. The summed E-state index contributed by atoms with van der Waals surface area (Å²) in [5.74, 6) is 1.74. The molecule has 0 radical (unpaired) electrons. The van der Waals surface area contributed by atoms with Gasteiger partial charge in [-0.3, -0.25) is 0 Å². The Morgan fingerprint density at radius 2 is 2.11 bits per heavy atom. The number of nitrogens with two attached hydrogens (primary N) is 1. The number of anilines is 2. The quantitative estimate of drug-likeness (QED) is 0.830. The van der Waals surface area contributed by atoms with Crippen LogP contribution in [0, 0.1) is 0 Å². The summed E-state index contributed by atoms with van der Waals surface area (Å²) < 4.78 is 0. The Kier molecular flexibility index (Phi) is 2.63. The van der Waals surface area contributed by atoms with Crippen molar-refractivity contribution < 1.29 is 0 Å². The van der Waals surface area contributed by atoms with E-state index >= 15 is 0 Å². The van der Waals surface area contributed by atoms with Crippen molar-refractivity contribution in [1.82, 2.24) is 9.97 Å². The molecule has 18 heavy (non-hydrogen) atoms. The smallest absolute Gasteiger partial charge is 0.221 e. The fourth-order valence-corrected chi connectivity index (χ4v) is 2.57. The van der Waals surface area contributed by atoms with Crippen LogP contribution in [0.4, 0.5) is 11.8 Å². The second kappa shape index (κ2) is 4.29. The predicted octanol–water partition coefficient (Wildman–Crippen LogP) is 2.18. The van der Waals surface area contributed by atoms with Crippen LogP contribution in [0.5, 0.6) is 0 Å². The third-order valence-corrected chi connectivity index (χ3v) is 3.42. The molecule has 1 aliphatic rings. The molecule has 0 bridgehead atoms. The van der Waals surface area contributed by atoms with E-state index < -0.39 is 0 Å². The van der Waals surface area contributed by atoms with Crippen LogP contribution in [0.1, 0.15) is 24.0 Å². The van der Waals surface area contributed by atoms with Gasteiger partial charge in [0.15, 0.2) is 0 Å². The minimum Gasteiger partial charge on any atom is -0.368 e. The molecule has 4 heteroatoms. The third kappa shape index (κ3) is 1.90. The van der Waals surface area contributed by atoms with Crippen LogP contribution < -0.4 is 10.6 Å². The Hall–Kier alpha value is -2.10. The summed E-state index contributed by atoms with van der Waals surface area (Å²) in [4.78, 5) is 10.5. The van der Waals surface area contributed by atoms with Crippen molar-refractivity contribution in [1.29, 1.82) is 0 Å². The van der Waals surface area contributed by atoms with Crippen molar-refractivity contribution in [2.45, 2.75) is 19.4 Å². The van der Waals surface area contributed by atoms with E-state index in [1.165, 1.54) is 11.1 Å². The van der Waals surface area contributed by atoms with Crippen molar-refractivity contribution >= 4 is 11.8 Å². The van der Waals surface area contributed by atoms with Gasteiger partial charge in [-0.2, -0.15) is 4.98 Å². The zero-order valence-corrected chi connectivity index (χ0v) is 10.4. The van der Waals surface area contributed by atoms with Gasteiger partial charge in [0, 0.05) is 19.3 Å². The molecule has 1 unspecified atom stereocenters. The van der Waals surface area contributed by atoms with Gasteiger partial charge in [0.2, 0.25) is 5.95 Å². The van der Waals surface area contributed by atoms with Gasteiger partial charge in [0.25, 0.3) is 0 Å². The molecule has 0 amide bonds. The van der Waals surface area contributed by atoms with Crippen LogP contribution in [0.25, 0.3) is 0 Å². The van der Waals surface area contributed by atoms with E-state index in [9.17, 15) is 0 Å². The van der Waals surface area contributed by atoms with Crippen LogP contribution in [0.2, 0.25) is 0 Å². The first kappa shape index (κ1) is 11.0. The number of nitrogen functional groups attached to an aromatic ring is 1. The summed E-state index contributed by atoms with van der Waals surface area (Å²) in [5, 5.41) is 0. The van der Waals surface area contributed by atoms with E-state index in [0.717, 1.165) is 18.9 Å². The summed E-state index contributed by atoms with van der Waals surface area (Å²) in [6.45, 7) is 4.10. The number of hydrogen-bond donors (Lipinski definition) is 1. The minimum atomic E-state index is 0.332. The maximum absolute atomic E-state index is 5.65. The first-order valence-electron chi connectivity index (χ1n) is 6.15. The van der Waals surface area contributed by atoms with E-state index in [0.29, 0.717) is 11.9 Å². The molecule has 1 aliphatic heterocycles. The standard InChI is InChI=1S/C14H16N4/c1-10-8-18(13-6-7-16-14(15)17-13)9-11-4-2-3-5-12(10)11/h2-7,10H,8-9H2,1H3,(H2,15,16,17). The molecule has 3 rings (SSSR count). The SMILES string of the molecule is CC1CN(c2ccnc(N)n2)Cc2ccccc21. The summed E-state index contributed by atoms with van der Waals surface area (Å²) in [6, 6.07) is 10.5. The van der Waals surface area contributed by atoms with Crippen molar-refractivity contribution in [3.05, 3.63) is 47.7 Å². The Labute approximate surface area is 106 Å². The number of benzene rings is 1. The van der Waals surface area contributed by atoms with Crippen LogP contribution in [0.15, 0.2) is 36.5 Å². The Bertz CT molecular complexity index is 567. The molecule has 2 aromatic rings. The van der Waals surface area contributed by atoms with Gasteiger partial charge in [-0.25, -0.2) is 4.98 Å². The maximum Gasteiger partial charge on any atom is 0.221 e. The van der Waals surface area contributed by atoms with Crippen LogP contribution in [0.3, 0.4) is 0 Å². The summed E-state index contributed by atoms with van der Waals surface area (Å²) in [5.41, 5.74) is 8.46. The normalized spacial score (nSPS) is 18.5. The fraction of sp³-hybridized carbons (Fsp3) is 0.286. The average Bonchev–Trinajstić information content (AvgIpc) is 2.39. The number of fused-ring (bicyclic) bond motifs is 1. The molecule has 0 aliphatic carbocycles. The lowest BCUT2D eigenvalue weighted by Gasteiger charge is -2.33. The number of rotatable bonds is 1.